The lowest BCUT2D eigenvalue weighted by Crippen LogP contribution is -2.45. The van der Waals surface area contributed by atoms with Gasteiger partial charge in [0.05, 0.1) is 12.5 Å². The van der Waals surface area contributed by atoms with Gasteiger partial charge in [0.1, 0.15) is 0 Å². The van der Waals surface area contributed by atoms with Crippen molar-refractivity contribution >= 4 is 0 Å². The SMILES string of the molecule is CCN1CCCCC1CNCc1ccoc1. The van der Waals surface area contributed by atoms with Gasteiger partial charge in [0.2, 0.25) is 0 Å². The summed E-state index contributed by atoms with van der Waals surface area (Å²) in [6, 6.07) is 2.75. The van der Waals surface area contributed by atoms with Gasteiger partial charge in [-0.25, -0.2) is 0 Å². The molecule has 1 aromatic heterocycles. The largest absolute Gasteiger partial charge is 0.472 e. The van der Waals surface area contributed by atoms with E-state index in [-0.39, 0.29) is 0 Å². The summed E-state index contributed by atoms with van der Waals surface area (Å²) in [6.07, 6.45) is 7.63. The molecule has 1 aliphatic heterocycles. The maximum Gasteiger partial charge on any atom is 0.0947 e. The molecule has 1 aromatic rings. The van der Waals surface area contributed by atoms with E-state index in [4.69, 9.17) is 4.42 Å². The molecule has 90 valence electrons. The first kappa shape index (κ1) is 11.7. The predicted molar refractivity (Wildman–Crippen MR) is 65.3 cm³/mol. The fourth-order valence-electron chi connectivity index (χ4n) is 2.48. The van der Waals surface area contributed by atoms with Crippen molar-refractivity contribution in [2.75, 3.05) is 19.6 Å². The van der Waals surface area contributed by atoms with Crippen molar-refractivity contribution in [1.29, 1.82) is 0 Å². The standard InChI is InChI=1S/C13H22N2O/c1-2-15-7-4-3-5-13(15)10-14-9-12-6-8-16-11-12/h6,8,11,13-14H,2-5,7,9-10H2,1H3. The molecule has 0 aromatic carbocycles. The quantitative estimate of drug-likeness (QED) is 0.828. The minimum absolute atomic E-state index is 0.727. The Morgan fingerprint density at radius 1 is 1.50 bits per heavy atom. The Morgan fingerprint density at radius 3 is 3.19 bits per heavy atom. The van der Waals surface area contributed by atoms with Gasteiger partial charge < -0.3 is 9.73 Å². The highest BCUT2D eigenvalue weighted by molar-refractivity contribution is 5.04. The summed E-state index contributed by atoms with van der Waals surface area (Å²) in [5.74, 6) is 0. The van der Waals surface area contributed by atoms with E-state index in [1.807, 2.05) is 12.3 Å². The molecule has 3 heteroatoms. The Hall–Kier alpha value is -0.800. The molecule has 2 heterocycles. The average Bonchev–Trinajstić information content (AvgIpc) is 2.83. The normalized spacial score (nSPS) is 22.4. The Labute approximate surface area is 97.8 Å². The molecule has 1 saturated heterocycles. The Bertz CT molecular complexity index is 284. The van der Waals surface area contributed by atoms with Crippen molar-refractivity contribution in [2.24, 2.45) is 0 Å². The van der Waals surface area contributed by atoms with E-state index in [0.717, 1.165) is 19.1 Å². The summed E-state index contributed by atoms with van der Waals surface area (Å²) in [4.78, 5) is 2.59. The van der Waals surface area contributed by atoms with Gasteiger partial charge >= 0.3 is 0 Å². The third kappa shape index (κ3) is 3.09. The molecule has 2 rings (SSSR count). The lowest BCUT2D eigenvalue weighted by molar-refractivity contribution is 0.153. The van der Waals surface area contributed by atoms with Crippen molar-refractivity contribution in [3.8, 4) is 0 Å². The third-order valence-electron chi connectivity index (χ3n) is 3.44. The van der Waals surface area contributed by atoms with Crippen LogP contribution in [0.3, 0.4) is 0 Å². The topological polar surface area (TPSA) is 28.4 Å². The molecule has 0 amide bonds. The van der Waals surface area contributed by atoms with Gasteiger partial charge in [-0.3, -0.25) is 4.90 Å². The summed E-state index contributed by atoms with van der Waals surface area (Å²) >= 11 is 0. The predicted octanol–water partition coefficient (Wildman–Crippen LogP) is 2.24. The highest BCUT2D eigenvalue weighted by Crippen LogP contribution is 2.15. The van der Waals surface area contributed by atoms with Crippen LogP contribution in [0.1, 0.15) is 31.7 Å². The van der Waals surface area contributed by atoms with Crippen LogP contribution in [0.15, 0.2) is 23.0 Å². The molecule has 3 nitrogen and oxygen atoms in total. The van der Waals surface area contributed by atoms with Gasteiger partial charge in [-0.1, -0.05) is 13.3 Å². The Balaban J connectivity index is 1.71. The van der Waals surface area contributed by atoms with Crippen molar-refractivity contribution in [3.05, 3.63) is 24.2 Å². The van der Waals surface area contributed by atoms with Crippen LogP contribution >= 0.6 is 0 Å². The van der Waals surface area contributed by atoms with Gasteiger partial charge in [0.25, 0.3) is 0 Å². The molecule has 0 bridgehead atoms. The van der Waals surface area contributed by atoms with Crippen LogP contribution in [0.2, 0.25) is 0 Å². The van der Waals surface area contributed by atoms with Gasteiger partial charge in [0, 0.05) is 24.7 Å². The van der Waals surface area contributed by atoms with Crippen LogP contribution < -0.4 is 5.32 Å². The van der Waals surface area contributed by atoms with Crippen molar-refractivity contribution in [2.45, 2.75) is 38.8 Å². The molecule has 0 aliphatic carbocycles. The minimum atomic E-state index is 0.727. The van der Waals surface area contributed by atoms with E-state index in [9.17, 15) is 0 Å². The molecule has 1 aliphatic rings. The first-order valence-corrected chi connectivity index (χ1v) is 6.36. The van der Waals surface area contributed by atoms with Crippen molar-refractivity contribution < 1.29 is 4.42 Å². The highest BCUT2D eigenvalue weighted by Gasteiger charge is 2.19. The Kier molecular flexibility index (Phi) is 4.43. The van der Waals surface area contributed by atoms with Crippen LogP contribution in [-0.2, 0) is 6.54 Å². The van der Waals surface area contributed by atoms with Crippen LogP contribution in [0.25, 0.3) is 0 Å². The number of hydrogen-bond donors (Lipinski definition) is 1. The zero-order valence-corrected chi connectivity index (χ0v) is 10.1. The fraction of sp³-hybridized carbons (Fsp3) is 0.692. The van der Waals surface area contributed by atoms with Crippen LogP contribution in [0, 0.1) is 0 Å². The number of hydrogen-bond acceptors (Lipinski definition) is 3. The third-order valence-corrected chi connectivity index (χ3v) is 3.44. The number of likely N-dealkylation sites (tertiary alicyclic amines) is 1. The fourth-order valence-corrected chi connectivity index (χ4v) is 2.48. The summed E-state index contributed by atoms with van der Waals surface area (Å²) in [6.45, 7) is 6.73. The first-order valence-electron chi connectivity index (χ1n) is 6.36. The number of likely N-dealkylation sites (N-methyl/N-ethyl adjacent to an activating group) is 1. The van der Waals surface area contributed by atoms with Gasteiger partial charge in [-0.05, 0) is 32.0 Å². The molecular weight excluding hydrogens is 200 g/mol. The molecule has 1 atom stereocenters. The zero-order valence-electron chi connectivity index (χ0n) is 10.1. The first-order chi connectivity index (χ1) is 7.90. The molecule has 1 fully saturated rings. The van der Waals surface area contributed by atoms with Crippen LogP contribution in [0.5, 0.6) is 0 Å². The summed E-state index contributed by atoms with van der Waals surface area (Å²) in [5.41, 5.74) is 1.24. The summed E-state index contributed by atoms with van der Waals surface area (Å²) in [7, 11) is 0. The molecule has 0 saturated carbocycles. The maximum absolute atomic E-state index is 5.05. The highest BCUT2D eigenvalue weighted by atomic mass is 16.3. The van der Waals surface area contributed by atoms with Gasteiger partial charge in [-0.2, -0.15) is 0 Å². The molecular formula is C13H22N2O. The minimum Gasteiger partial charge on any atom is -0.472 e. The van der Waals surface area contributed by atoms with Crippen molar-refractivity contribution in [1.82, 2.24) is 10.2 Å². The average molecular weight is 222 g/mol. The molecule has 0 radical (unpaired) electrons. The maximum atomic E-state index is 5.05. The van der Waals surface area contributed by atoms with Crippen LogP contribution in [-0.4, -0.2) is 30.6 Å². The second-order valence-electron chi connectivity index (χ2n) is 4.54. The molecule has 16 heavy (non-hydrogen) atoms. The number of piperidine rings is 1. The Morgan fingerprint density at radius 2 is 2.44 bits per heavy atom. The van der Waals surface area contributed by atoms with Crippen molar-refractivity contribution in [3.63, 3.8) is 0 Å². The molecule has 1 N–H and O–H groups in total. The molecule has 0 spiro atoms. The lowest BCUT2D eigenvalue weighted by atomic mass is 10.0. The number of furan rings is 1. The summed E-state index contributed by atoms with van der Waals surface area (Å²) < 4.78 is 5.05. The van der Waals surface area contributed by atoms with E-state index < -0.39 is 0 Å². The zero-order chi connectivity index (χ0) is 11.2. The van der Waals surface area contributed by atoms with E-state index in [2.05, 4.69) is 17.1 Å². The summed E-state index contributed by atoms with van der Waals surface area (Å²) in [5, 5.41) is 3.52. The number of rotatable bonds is 5. The van der Waals surface area contributed by atoms with E-state index >= 15 is 0 Å². The van der Waals surface area contributed by atoms with E-state index in [1.54, 1.807) is 6.26 Å². The second kappa shape index (κ2) is 6.06. The number of nitrogens with zero attached hydrogens (tertiary/aromatic N) is 1. The van der Waals surface area contributed by atoms with Gasteiger partial charge in [-0.15, -0.1) is 0 Å². The van der Waals surface area contributed by atoms with E-state index in [1.165, 1.54) is 37.9 Å². The van der Waals surface area contributed by atoms with Gasteiger partial charge in [0.15, 0.2) is 0 Å². The van der Waals surface area contributed by atoms with Crippen LogP contribution in [0.4, 0.5) is 0 Å². The molecule has 1 unspecified atom stereocenters. The lowest BCUT2D eigenvalue weighted by Gasteiger charge is -2.35. The van der Waals surface area contributed by atoms with E-state index in [0.29, 0.717) is 0 Å². The monoisotopic (exact) mass is 222 g/mol. The number of nitrogens with one attached hydrogen (secondary N) is 1. The smallest absolute Gasteiger partial charge is 0.0947 e. The second-order valence-corrected chi connectivity index (χ2v) is 4.54.